The van der Waals surface area contributed by atoms with Gasteiger partial charge in [0.05, 0.1) is 6.04 Å². The molecule has 0 heterocycles. The second-order valence-electron chi connectivity index (χ2n) is 4.54. The van der Waals surface area contributed by atoms with Gasteiger partial charge in [-0.15, -0.1) is 0 Å². The van der Waals surface area contributed by atoms with Crippen LogP contribution in [0.3, 0.4) is 0 Å². The Morgan fingerprint density at radius 2 is 2.12 bits per heavy atom. The minimum absolute atomic E-state index is 0.425. The Bertz CT molecular complexity index is 423. The van der Waals surface area contributed by atoms with Gasteiger partial charge < -0.3 is 5.43 Å². The SMILES string of the molecule is Cc1ccc(C(=NC2CCCC2)NN)c(Br)c1. The maximum atomic E-state index is 5.59. The fraction of sp³-hybridized carbons (Fsp3) is 0.462. The minimum atomic E-state index is 0.425. The molecule has 92 valence electrons. The molecule has 0 spiro atoms. The zero-order valence-corrected chi connectivity index (χ0v) is 11.6. The molecule has 3 nitrogen and oxygen atoms in total. The van der Waals surface area contributed by atoms with Crippen molar-refractivity contribution >= 4 is 21.8 Å². The van der Waals surface area contributed by atoms with E-state index in [1.165, 1.54) is 31.2 Å². The van der Waals surface area contributed by atoms with Gasteiger partial charge in [-0.05, 0) is 37.5 Å². The highest BCUT2D eigenvalue weighted by molar-refractivity contribution is 9.10. The van der Waals surface area contributed by atoms with E-state index in [9.17, 15) is 0 Å². The van der Waals surface area contributed by atoms with Gasteiger partial charge in [0, 0.05) is 10.0 Å². The predicted molar refractivity (Wildman–Crippen MR) is 75.0 cm³/mol. The summed E-state index contributed by atoms with van der Waals surface area (Å²) in [5, 5.41) is 0. The van der Waals surface area contributed by atoms with Crippen LogP contribution in [0, 0.1) is 6.92 Å². The number of benzene rings is 1. The van der Waals surface area contributed by atoms with E-state index in [4.69, 9.17) is 10.8 Å². The number of aliphatic imine (C=N–C) groups is 1. The number of hydrazine groups is 1. The number of nitrogens with zero attached hydrogens (tertiary/aromatic N) is 1. The Kier molecular flexibility index (Phi) is 4.18. The van der Waals surface area contributed by atoms with E-state index in [2.05, 4.69) is 40.4 Å². The molecule has 0 saturated heterocycles. The van der Waals surface area contributed by atoms with Crippen LogP contribution < -0.4 is 11.3 Å². The first-order valence-corrected chi connectivity index (χ1v) is 6.81. The Balaban J connectivity index is 2.27. The number of nitrogens with two attached hydrogens (primary N) is 1. The lowest BCUT2D eigenvalue weighted by atomic mass is 10.1. The molecule has 1 aromatic rings. The van der Waals surface area contributed by atoms with E-state index in [1.807, 2.05) is 6.07 Å². The molecule has 0 unspecified atom stereocenters. The largest absolute Gasteiger partial charge is 0.308 e. The Morgan fingerprint density at radius 1 is 1.41 bits per heavy atom. The molecule has 2 rings (SSSR count). The van der Waals surface area contributed by atoms with E-state index in [0.717, 1.165) is 15.9 Å². The number of rotatable bonds is 2. The van der Waals surface area contributed by atoms with Crippen LogP contribution in [-0.2, 0) is 0 Å². The first-order chi connectivity index (χ1) is 8.20. The highest BCUT2D eigenvalue weighted by atomic mass is 79.9. The lowest BCUT2D eigenvalue weighted by Crippen LogP contribution is -2.32. The summed E-state index contributed by atoms with van der Waals surface area (Å²) in [4.78, 5) is 4.71. The van der Waals surface area contributed by atoms with Gasteiger partial charge in [0.25, 0.3) is 0 Å². The number of amidine groups is 1. The minimum Gasteiger partial charge on any atom is -0.308 e. The zero-order valence-electron chi connectivity index (χ0n) is 10.0. The molecular formula is C13H18BrN3. The van der Waals surface area contributed by atoms with Crippen molar-refractivity contribution in [2.45, 2.75) is 38.6 Å². The summed E-state index contributed by atoms with van der Waals surface area (Å²) in [6, 6.07) is 6.63. The van der Waals surface area contributed by atoms with Gasteiger partial charge in [-0.3, -0.25) is 4.99 Å². The van der Waals surface area contributed by atoms with Crippen molar-refractivity contribution in [2.24, 2.45) is 10.8 Å². The molecule has 1 saturated carbocycles. The van der Waals surface area contributed by atoms with Crippen LogP contribution in [0.4, 0.5) is 0 Å². The zero-order chi connectivity index (χ0) is 12.3. The number of hydrogen-bond donors (Lipinski definition) is 2. The molecule has 0 aliphatic heterocycles. The van der Waals surface area contributed by atoms with Gasteiger partial charge in [-0.1, -0.05) is 34.8 Å². The van der Waals surface area contributed by atoms with Crippen molar-refractivity contribution in [3.8, 4) is 0 Å². The third-order valence-electron chi connectivity index (χ3n) is 3.15. The summed E-state index contributed by atoms with van der Waals surface area (Å²) in [6.45, 7) is 2.07. The van der Waals surface area contributed by atoms with Gasteiger partial charge in [0.15, 0.2) is 0 Å². The number of aryl methyl sites for hydroxylation is 1. The molecule has 1 aromatic carbocycles. The van der Waals surface area contributed by atoms with Gasteiger partial charge in [-0.25, -0.2) is 5.84 Å². The smallest absolute Gasteiger partial charge is 0.143 e. The molecule has 1 aliphatic carbocycles. The molecular weight excluding hydrogens is 278 g/mol. The van der Waals surface area contributed by atoms with E-state index < -0.39 is 0 Å². The molecule has 3 N–H and O–H groups in total. The predicted octanol–water partition coefficient (Wildman–Crippen LogP) is 2.91. The second-order valence-corrected chi connectivity index (χ2v) is 5.40. The Labute approximate surface area is 111 Å². The summed E-state index contributed by atoms with van der Waals surface area (Å²) in [6.07, 6.45) is 4.91. The molecule has 17 heavy (non-hydrogen) atoms. The Hall–Kier alpha value is -0.870. The van der Waals surface area contributed by atoms with E-state index in [1.54, 1.807) is 0 Å². The highest BCUT2D eigenvalue weighted by Crippen LogP contribution is 2.23. The van der Waals surface area contributed by atoms with Crippen molar-refractivity contribution in [3.63, 3.8) is 0 Å². The third-order valence-corrected chi connectivity index (χ3v) is 3.81. The van der Waals surface area contributed by atoms with Gasteiger partial charge >= 0.3 is 0 Å². The average Bonchev–Trinajstić information content (AvgIpc) is 2.79. The van der Waals surface area contributed by atoms with Crippen LogP contribution in [-0.4, -0.2) is 11.9 Å². The summed E-state index contributed by atoms with van der Waals surface area (Å²) >= 11 is 3.56. The van der Waals surface area contributed by atoms with Crippen LogP contribution >= 0.6 is 15.9 Å². The van der Waals surface area contributed by atoms with Crippen molar-refractivity contribution in [1.82, 2.24) is 5.43 Å². The molecule has 0 bridgehead atoms. The van der Waals surface area contributed by atoms with Crippen LogP contribution in [0.15, 0.2) is 27.7 Å². The molecule has 0 atom stereocenters. The maximum absolute atomic E-state index is 5.59. The standard InChI is InChI=1S/C13H18BrN3/c1-9-6-7-11(12(14)8-9)13(17-15)16-10-4-2-3-5-10/h6-8,10H,2-5,15H2,1H3,(H,16,17). The van der Waals surface area contributed by atoms with Crippen molar-refractivity contribution in [2.75, 3.05) is 0 Å². The molecule has 4 heteroatoms. The van der Waals surface area contributed by atoms with Crippen LogP contribution in [0.2, 0.25) is 0 Å². The summed E-state index contributed by atoms with van der Waals surface area (Å²) in [7, 11) is 0. The lowest BCUT2D eigenvalue weighted by molar-refractivity contribution is 0.700. The average molecular weight is 296 g/mol. The fourth-order valence-electron chi connectivity index (χ4n) is 2.21. The first kappa shape index (κ1) is 12.6. The number of halogens is 1. The van der Waals surface area contributed by atoms with Gasteiger partial charge in [-0.2, -0.15) is 0 Å². The van der Waals surface area contributed by atoms with Crippen LogP contribution in [0.25, 0.3) is 0 Å². The van der Waals surface area contributed by atoms with E-state index in [0.29, 0.717) is 6.04 Å². The lowest BCUT2D eigenvalue weighted by Gasteiger charge is -2.11. The van der Waals surface area contributed by atoms with Crippen molar-refractivity contribution in [3.05, 3.63) is 33.8 Å². The first-order valence-electron chi connectivity index (χ1n) is 6.01. The Morgan fingerprint density at radius 3 is 2.71 bits per heavy atom. The highest BCUT2D eigenvalue weighted by Gasteiger charge is 2.16. The van der Waals surface area contributed by atoms with Crippen molar-refractivity contribution in [1.29, 1.82) is 0 Å². The quantitative estimate of drug-likeness (QED) is 0.381. The van der Waals surface area contributed by atoms with Crippen LogP contribution in [0.1, 0.15) is 36.8 Å². The van der Waals surface area contributed by atoms with Crippen molar-refractivity contribution < 1.29 is 0 Å². The monoisotopic (exact) mass is 295 g/mol. The molecule has 1 fully saturated rings. The topological polar surface area (TPSA) is 50.4 Å². The second kappa shape index (κ2) is 5.65. The molecule has 0 radical (unpaired) electrons. The van der Waals surface area contributed by atoms with Gasteiger partial charge in [0.2, 0.25) is 0 Å². The molecule has 0 aromatic heterocycles. The number of nitrogens with one attached hydrogen (secondary N) is 1. The third kappa shape index (κ3) is 3.07. The summed E-state index contributed by atoms with van der Waals surface area (Å²) < 4.78 is 1.03. The summed E-state index contributed by atoms with van der Waals surface area (Å²) in [5.41, 5.74) is 4.98. The van der Waals surface area contributed by atoms with Crippen LogP contribution in [0.5, 0.6) is 0 Å². The number of hydrogen-bond acceptors (Lipinski definition) is 2. The van der Waals surface area contributed by atoms with E-state index >= 15 is 0 Å². The molecule has 1 aliphatic rings. The fourth-order valence-corrected chi connectivity index (χ4v) is 2.89. The normalized spacial score (nSPS) is 17.5. The summed E-state index contributed by atoms with van der Waals surface area (Å²) in [5.74, 6) is 6.37. The van der Waals surface area contributed by atoms with Gasteiger partial charge in [0.1, 0.15) is 5.84 Å². The molecule has 0 amide bonds. The van der Waals surface area contributed by atoms with E-state index in [-0.39, 0.29) is 0 Å². The maximum Gasteiger partial charge on any atom is 0.143 e.